The van der Waals surface area contributed by atoms with Crippen LogP contribution in [0.4, 0.5) is 5.69 Å². The molecule has 9 nitrogen and oxygen atoms in total. The van der Waals surface area contributed by atoms with E-state index in [4.69, 9.17) is 14.5 Å². The Morgan fingerprint density at radius 3 is 2.58 bits per heavy atom. The molecule has 1 heterocycles. The molecule has 3 aromatic carbocycles. The van der Waals surface area contributed by atoms with E-state index in [-0.39, 0.29) is 17.9 Å². The van der Waals surface area contributed by atoms with Crippen molar-refractivity contribution in [3.8, 4) is 11.5 Å². The smallest absolute Gasteiger partial charge is 0.282 e. The number of rotatable bonds is 7. The first-order valence-corrected chi connectivity index (χ1v) is 13.1. The lowest BCUT2D eigenvalue weighted by Crippen LogP contribution is -2.29. The molecular formula is C27H24Br2N4O5. The first-order chi connectivity index (χ1) is 18.0. The minimum Gasteiger partial charge on any atom is -0.493 e. The summed E-state index contributed by atoms with van der Waals surface area (Å²) in [5.41, 5.74) is 1.16. The molecule has 0 N–H and O–H groups in total. The topological polar surface area (TPSA) is 109 Å². The van der Waals surface area contributed by atoms with Crippen molar-refractivity contribution in [3.63, 3.8) is 0 Å². The maximum Gasteiger partial charge on any atom is 0.282 e. The summed E-state index contributed by atoms with van der Waals surface area (Å²) in [5.74, 6) is 1.38. The fourth-order valence-electron chi connectivity index (χ4n) is 3.74. The number of benzene rings is 3. The van der Waals surface area contributed by atoms with Crippen LogP contribution in [0.5, 0.6) is 11.5 Å². The number of halogens is 2. The van der Waals surface area contributed by atoms with Crippen LogP contribution in [-0.4, -0.2) is 27.9 Å². The van der Waals surface area contributed by atoms with Crippen LogP contribution < -0.4 is 15.0 Å². The molecule has 4 aromatic rings. The minimum absolute atomic E-state index is 0.0101. The summed E-state index contributed by atoms with van der Waals surface area (Å²) in [7, 11) is 1.51. The molecule has 0 atom stereocenters. The zero-order valence-corrected chi connectivity index (χ0v) is 24.2. The highest BCUT2D eigenvalue weighted by Crippen LogP contribution is 2.37. The molecule has 0 fully saturated rings. The summed E-state index contributed by atoms with van der Waals surface area (Å²) in [6, 6.07) is 15.1. The average molecular weight is 644 g/mol. The lowest BCUT2D eigenvalue weighted by molar-refractivity contribution is -0.384. The van der Waals surface area contributed by atoms with E-state index in [1.54, 1.807) is 42.6 Å². The monoisotopic (exact) mass is 642 g/mol. The van der Waals surface area contributed by atoms with Crippen LogP contribution in [0.1, 0.15) is 37.7 Å². The van der Waals surface area contributed by atoms with Crippen molar-refractivity contribution in [3.05, 3.63) is 101 Å². The molecular weight excluding hydrogens is 620 g/mol. The maximum absolute atomic E-state index is 13.4. The number of nitro groups is 1. The Kier molecular flexibility index (Phi) is 7.98. The van der Waals surface area contributed by atoms with Gasteiger partial charge in [0.1, 0.15) is 12.4 Å². The van der Waals surface area contributed by atoms with E-state index < -0.39 is 10.3 Å². The second-order valence-electron chi connectivity index (χ2n) is 9.46. The van der Waals surface area contributed by atoms with Gasteiger partial charge in [-0.3, -0.25) is 14.9 Å². The Balaban J connectivity index is 1.69. The van der Waals surface area contributed by atoms with Crippen LogP contribution in [0.15, 0.2) is 73.4 Å². The van der Waals surface area contributed by atoms with Crippen LogP contribution in [-0.2, 0) is 12.0 Å². The van der Waals surface area contributed by atoms with Crippen LogP contribution in [0.3, 0.4) is 0 Å². The number of hydrogen-bond acceptors (Lipinski definition) is 7. The molecule has 0 radical (unpaired) electrons. The van der Waals surface area contributed by atoms with Gasteiger partial charge in [0.05, 0.1) is 33.6 Å². The molecule has 196 valence electrons. The average Bonchev–Trinajstić information content (AvgIpc) is 2.87. The highest BCUT2D eigenvalue weighted by Gasteiger charge is 2.23. The number of methoxy groups -OCH3 is 1. The number of fused-ring (bicyclic) bond motifs is 1. The molecule has 0 aliphatic rings. The van der Waals surface area contributed by atoms with Gasteiger partial charge in [0.15, 0.2) is 11.5 Å². The van der Waals surface area contributed by atoms with Crippen molar-refractivity contribution in [2.45, 2.75) is 32.8 Å². The van der Waals surface area contributed by atoms with Gasteiger partial charge in [-0.1, -0.05) is 48.8 Å². The molecule has 0 spiro atoms. The van der Waals surface area contributed by atoms with Gasteiger partial charge >= 0.3 is 0 Å². The SMILES string of the molecule is COc1cc(C=Nn2c(C(C)(C)C)nc3ccc(Br)cc3c2=O)cc(Br)c1OCc1cccc([N+](=O)[O-])c1. The minimum atomic E-state index is -0.450. The van der Waals surface area contributed by atoms with Crippen LogP contribution in [0.2, 0.25) is 0 Å². The van der Waals surface area contributed by atoms with Gasteiger partial charge < -0.3 is 9.47 Å². The molecule has 0 aliphatic heterocycles. The quantitative estimate of drug-likeness (QED) is 0.128. The number of nitrogens with zero attached hydrogens (tertiary/aromatic N) is 4. The van der Waals surface area contributed by atoms with E-state index in [0.717, 1.165) is 4.47 Å². The summed E-state index contributed by atoms with van der Waals surface area (Å²) in [6.07, 6.45) is 1.56. The number of aromatic nitrogens is 2. The first kappa shape index (κ1) is 27.5. The van der Waals surface area contributed by atoms with E-state index >= 15 is 0 Å². The molecule has 0 saturated carbocycles. The van der Waals surface area contributed by atoms with Crippen molar-refractivity contribution < 1.29 is 14.4 Å². The summed E-state index contributed by atoms with van der Waals surface area (Å²) in [4.78, 5) is 28.7. The lowest BCUT2D eigenvalue weighted by Gasteiger charge is -2.21. The van der Waals surface area contributed by atoms with Gasteiger partial charge in [-0.15, -0.1) is 0 Å². The van der Waals surface area contributed by atoms with Gasteiger partial charge in [0.25, 0.3) is 11.2 Å². The third kappa shape index (κ3) is 5.94. The van der Waals surface area contributed by atoms with E-state index in [9.17, 15) is 14.9 Å². The number of ether oxygens (including phenoxy) is 2. The van der Waals surface area contributed by atoms with Crippen LogP contribution in [0.25, 0.3) is 10.9 Å². The largest absolute Gasteiger partial charge is 0.493 e. The zero-order chi connectivity index (χ0) is 27.6. The number of nitro benzene ring substituents is 1. The van der Waals surface area contributed by atoms with E-state index in [1.165, 1.54) is 23.9 Å². The molecule has 38 heavy (non-hydrogen) atoms. The standard InChI is InChI=1S/C27H24Br2N4O5/c1-27(2,3)26-31-22-9-8-18(28)13-20(22)25(34)32(26)30-14-17-11-21(29)24(23(12-17)37-4)38-15-16-6-5-7-19(10-16)33(35)36/h5-14H,15H2,1-4H3. The molecule has 0 unspecified atom stereocenters. The van der Waals surface area contributed by atoms with Crippen molar-refractivity contribution in [2.24, 2.45) is 5.10 Å². The Morgan fingerprint density at radius 1 is 1.13 bits per heavy atom. The van der Waals surface area contributed by atoms with Gasteiger partial charge in [-0.25, -0.2) is 4.98 Å². The Morgan fingerprint density at radius 2 is 1.89 bits per heavy atom. The zero-order valence-electron chi connectivity index (χ0n) is 21.1. The highest BCUT2D eigenvalue weighted by atomic mass is 79.9. The van der Waals surface area contributed by atoms with Crippen LogP contribution >= 0.6 is 31.9 Å². The van der Waals surface area contributed by atoms with Crippen molar-refractivity contribution >= 4 is 54.7 Å². The molecule has 0 bridgehead atoms. The molecule has 0 saturated heterocycles. The fourth-order valence-corrected chi connectivity index (χ4v) is 4.67. The third-order valence-electron chi connectivity index (χ3n) is 5.56. The van der Waals surface area contributed by atoms with E-state index in [2.05, 4.69) is 37.0 Å². The molecule has 1 aromatic heterocycles. The van der Waals surface area contributed by atoms with E-state index in [0.29, 0.717) is 43.8 Å². The lowest BCUT2D eigenvalue weighted by atomic mass is 9.95. The molecule has 0 amide bonds. The molecule has 4 rings (SSSR count). The summed E-state index contributed by atoms with van der Waals surface area (Å²) in [5, 5.41) is 16.0. The fraction of sp³-hybridized carbons (Fsp3) is 0.222. The summed E-state index contributed by atoms with van der Waals surface area (Å²) in [6.45, 7) is 6.02. The van der Waals surface area contributed by atoms with Crippen molar-refractivity contribution in [2.75, 3.05) is 7.11 Å². The predicted molar refractivity (Wildman–Crippen MR) is 154 cm³/mol. The van der Waals surface area contributed by atoms with Gasteiger partial charge in [0.2, 0.25) is 0 Å². The maximum atomic E-state index is 13.4. The predicted octanol–water partition coefficient (Wildman–Crippen LogP) is 6.60. The highest BCUT2D eigenvalue weighted by molar-refractivity contribution is 9.10. The van der Waals surface area contributed by atoms with Gasteiger partial charge in [0, 0.05) is 22.0 Å². The first-order valence-electron chi connectivity index (χ1n) is 11.5. The Labute approximate surface area is 235 Å². The summed E-state index contributed by atoms with van der Waals surface area (Å²) < 4.78 is 14.1. The van der Waals surface area contributed by atoms with E-state index in [1.807, 2.05) is 26.8 Å². The van der Waals surface area contributed by atoms with Crippen LogP contribution in [0, 0.1) is 10.1 Å². The second-order valence-corrected chi connectivity index (χ2v) is 11.2. The Hall–Kier alpha value is -3.57. The molecule has 11 heteroatoms. The third-order valence-corrected chi connectivity index (χ3v) is 6.64. The number of hydrogen-bond donors (Lipinski definition) is 0. The van der Waals surface area contributed by atoms with Crippen molar-refractivity contribution in [1.82, 2.24) is 9.66 Å². The van der Waals surface area contributed by atoms with Crippen molar-refractivity contribution in [1.29, 1.82) is 0 Å². The normalized spacial score (nSPS) is 11.7. The van der Waals surface area contributed by atoms with Gasteiger partial charge in [-0.2, -0.15) is 9.78 Å². The Bertz CT molecular complexity index is 1630. The molecule has 0 aliphatic carbocycles. The number of non-ortho nitro benzene ring substituents is 1. The van der Waals surface area contributed by atoms with Gasteiger partial charge in [-0.05, 0) is 57.4 Å². The second kappa shape index (κ2) is 11.0. The summed E-state index contributed by atoms with van der Waals surface area (Å²) >= 11 is 6.93.